The van der Waals surface area contributed by atoms with Crippen LogP contribution in [0.15, 0.2) is 0 Å². The fourth-order valence-electron chi connectivity index (χ4n) is 0.804. The molecule has 0 heterocycles. The maximum Gasteiger partial charge on any atom is 1.00 e. The second kappa shape index (κ2) is 5.35. The molecule has 1 amide bonds. The third-order valence-electron chi connectivity index (χ3n) is 1.44. The molecule has 0 unspecified atom stereocenters. The number of carbonyl (C=O) groups excluding carboxylic acids is 1. The van der Waals surface area contributed by atoms with Crippen molar-refractivity contribution in [1.29, 1.82) is 0 Å². The maximum atomic E-state index is 12.6. The smallest absolute Gasteiger partial charge is 0.663 e. The first-order chi connectivity index (χ1) is 6.37. The summed E-state index contributed by atoms with van der Waals surface area (Å²) >= 11 is 0. The number of carbonyl (C=O) groups is 1. The van der Waals surface area contributed by atoms with Crippen molar-refractivity contribution in [1.82, 2.24) is 0 Å². The first-order valence-corrected chi connectivity index (χ1v) is 3.15. The van der Waals surface area contributed by atoms with Crippen molar-refractivity contribution in [3.05, 3.63) is 40.4 Å². The summed E-state index contributed by atoms with van der Waals surface area (Å²) < 4.78 is 62.3. The van der Waals surface area contributed by atoms with Crippen molar-refractivity contribution < 1.29 is 78.1 Å². The van der Waals surface area contributed by atoms with Crippen LogP contribution in [0.2, 0.25) is 0 Å². The Labute approximate surface area is 123 Å². The van der Waals surface area contributed by atoms with Gasteiger partial charge in [0.15, 0.2) is 23.3 Å². The zero-order chi connectivity index (χ0) is 11.0. The second-order valence-electron chi connectivity index (χ2n) is 2.27. The van der Waals surface area contributed by atoms with E-state index in [1.54, 1.807) is 0 Å². The van der Waals surface area contributed by atoms with Crippen molar-refractivity contribution >= 4 is 5.91 Å². The maximum absolute atomic E-state index is 12.6. The summed E-state index contributed by atoms with van der Waals surface area (Å²) in [6, 6.07) is 0. The van der Waals surface area contributed by atoms with Gasteiger partial charge in [0.05, 0.1) is 11.5 Å². The molecule has 0 spiro atoms. The third-order valence-corrected chi connectivity index (χ3v) is 1.44. The van der Waals surface area contributed by atoms with Crippen LogP contribution in [0.5, 0.6) is 0 Å². The molecule has 0 aliphatic carbocycles. The molecule has 0 saturated heterocycles. The molecule has 2 nitrogen and oxygen atoms in total. The van der Waals surface area contributed by atoms with Crippen molar-refractivity contribution in [2.24, 2.45) is 0 Å². The molecule has 1 aromatic carbocycles. The van der Waals surface area contributed by atoms with Gasteiger partial charge in [-0.3, -0.25) is 0 Å². The van der Waals surface area contributed by atoms with Crippen molar-refractivity contribution in [3.8, 4) is 0 Å². The predicted molar refractivity (Wildman–Crippen MR) is 34.9 cm³/mol. The summed E-state index contributed by atoms with van der Waals surface area (Å²) in [7, 11) is 0. The molecule has 1 aromatic rings. The van der Waals surface area contributed by atoms with Crippen LogP contribution in [-0.2, 0) is 0 Å². The Hall–Kier alpha value is -0.0236. The summed E-state index contributed by atoms with van der Waals surface area (Å²) in [6.45, 7) is 0. The van der Waals surface area contributed by atoms with Crippen LogP contribution in [0.1, 0.15) is 10.4 Å². The van der Waals surface area contributed by atoms with Gasteiger partial charge in [0.2, 0.25) is 5.82 Å². The van der Waals surface area contributed by atoms with E-state index in [1.165, 1.54) is 0 Å². The van der Waals surface area contributed by atoms with Gasteiger partial charge in [-0.25, -0.2) is 22.0 Å². The SMILES string of the molecule is [K+].[NH-]C(=O)c1c(F)c(F)c(F)c(F)c1F. The van der Waals surface area contributed by atoms with Gasteiger partial charge in [0, 0.05) is 0 Å². The molecule has 0 radical (unpaired) electrons. The molecule has 0 saturated carbocycles. The summed E-state index contributed by atoms with van der Waals surface area (Å²) in [6.07, 6.45) is 0. The summed E-state index contributed by atoms with van der Waals surface area (Å²) in [5.74, 6) is -13.4. The average Bonchev–Trinajstić information content (AvgIpc) is 2.11. The fraction of sp³-hybridized carbons (Fsp3) is 0. The Morgan fingerprint density at radius 2 is 1.07 bits per heavy atom. The second-order valence-corrected chi connectivity index (χ2v) is 2.27. The molecule has 76 valence electrons. The Kier molecular flexibility index (Phi) is 5.34. The Balaban J connectivity index is 0.00000196. The van der Waals surface area contributed by atoms with Crippen LogP contribution in [0.25, 0.3) is 5.73 Å². The van der Waals surface area contributed by atoms with E-state index >= 15 is 0 Å². The number of benzene rings is 1. The minimum Gasteiger partial charge on any atom is -0.663 e. The molecule has 0 aliphatic heterocycles. The van der Waals surface area contributed by atoms with Gasteiger partial charge in [-0.05, 0) is 0 Å². The van der Waals surface area contributed by atoms with Gasteiger partial charge >= 0.3 is 51.4 Å². The van der Waals surface area contributed by atoms with Gasteiger partial charge in [-0.2, -0.15) is 0 Å². The summed E-state index contributed by atoms with van der Waals surface area (Å²) in [5.41, 5.74) is 4.54. The third kappa shape index (κ3) is 2.56. The van der Waals surface area contributed by atoms with Crippen LogP contribution in [0.4, 0.5) is 22.0 Å². The van der Waals surface area contributed by atoms with E-state index in [0.29, 0.717) is 0 Å². The number of nitrogens with one attached hydrogen (secondary N) is 1. The molecule has 0 aromatic heterocycles. The summed E-state index contributed by atoms with van der Waals surface area (Å²) in [4.78, 5) is 10.2. The zero-order valence-corrected chi connectivity index (χ0v) is 10.4. The molecular weight excluding hydrogens is 248 g/mol. The van der Waals surface area contributed by atoms with Gasteiger partial charge in [0.1, 0.15) is 0 Å². The Morgan fingerprint density at radius 3 is 1.33 bits per heavy atom. The number of amides is 1. The first kappa shape index (κ1) is 15.0. The van der Waals surface area contributed by atoms with Crippen LogP contribution in [0, 0.1) is 29.1 Å². The van der Waals surface area contributed by atoms with E-state index in [4.69, 9.17) is 5.73 Å². The summed E-state index contributed by atoms with van der Waals surface area (Å²) in [5, 5.41) is 0. The van der Waals surface area contributed by atoms with E-state index in [1.807, 2.05) is 0 Å². The minimum absolute atomic E-state index is 0. The van der Waals surface area contributed by atoms with Crippen LogP contribution < -0.4 is 51.4 Å². The topological polar surface area (TPSA) is 40.9 Å². The predicted octanol–water partition coefficient (Wildman–Crippen LogP) is -0.422. The van der Waals surface area contributed by atoms with Crippen LogP contribution in [-0.4, -0.2) is 5.91 Å². The monoisotopic (exact) mass is 249 g/mol. The molecule has 0 fully saturated rings. The molecule has 1 N–H and O–H groups in total. The van der Waals surface area contributed by atoms with Crippen LogP contribution >= 0.6 is 0 Å². The number of rotatable bonds is 1. The quantitative estimate of drug-likeness (QED) is 0.288. The fourth-order valence-corrected chi connectivity index (χ4v) is 0.804. The molecule has 1 rings (SSSR count). The molecular formula is C7HF5KNO. The largest absolute Gasteiger partial charge is 1.00 e. The standard InChI is InChI=1S/C7H2F5NO.K/c8-2-1(7(13)14)3(9)5(11)6(12)4(2)10;/h(H2,13,14);/q;+1/p-1. The molecule has 0 aliphatic rings. The molecule has 15 heavy (non-hydrogen) atoms. The van der Waals surface area contributed by atoms with Crippen molar-refractivity contribution in [3.63, 3.8) is 0 Å². The van der Waals surface area contributed by atoms with Gasteiger partial charge < -0.3 is 10.5 Å². The Morgan fingerprint density at radius 1 is 0.800 bits per heavy atom. The van der Waals surface area contributed by atoms with E-state index < -0.39 is 40.6 Å². The average molecular weight is 249 g/mol. The minimum atomic E-state index is -2.36. The van der Waals surface area contributed by atoms with E-state index in [2.05, 4.69) is 0 Å². The van der Waals surface area contributed by atoms with Crippen molar-refractivity contribution in [2.45, 2.75) is 0 Å². The van der Waals surface area contributed by atoms with E-state index in [0.717, 1.165) is 0 Å². The molecule has 0 atom stereocenters. The Bertz CT molecular complexity index is 393. The first-order valence-electron chi connectivity index (χ1n) is 3.15. The van der Waals surface area contributed by atoms with Crippen molar-refractivity contribution in [2.75, 3.05) is 0 Å². The van der Waals surface area contributed by atoms with Gasteiger partial charge in [-0.1, -0.05) is 0 Å². The number of halogens is 5. The van der Waals surface area contributed by atoms with E-state index in [9.17, 15) is 26.7 Å². The molecule has 8 heteroatoms. The van der Waals surface area contributed by atoms with E-state index in [-0.39, 0.29) is 51.4 Å². The molecule has 0 bridgehead atoms. The number of hydrogen-bond acceptors (Lipinski definition) is 1. The van der Waals surface area contributed by atoms with Crippen LogP contribution in [0.3, 0.4) is 0 Å². The zero-order valence-electron chi connectivity index (χ0n) is 7.30. The van der Waals surface area contributed by atoms with Gasteiger partial charge in [-0.15, -0.1) is 0 Å². The number of hydrogen-bond donors (Lipinski definition) is 0. The van der Waals surface area contributed by atoms with Gasteiger partial charge in [0.25, 0.3) is 0 Å². The normalized spacial score (nSPS) is 9.67.